The number of unbranched alkanes of at least 4 members (excludes halogenated alkanes) is 22. The average Bonchev–Trinajstić information content (AvgIpc) is 3.36. The molecule has 1 unspecified atom stereocenters. The Morgan fingerprint density at radius 1 is 0.343 bits per heavy atom. The quantitative estimate of drug-likeness (QED) is 0.0374. The summed E-state index contributed by atoms with van der Waals surface area (Å²) in [4.78, 5) is 24.4. The van der Waals surface area contributed by atoms with Crippen molar-refractivity contribution < 1.29 is 24.2 Å². The van der Waals surface area contributed by atoms with E-state index in [1.54, 1.807) is 6.08 Å². The van der Waals surface area contributed by atoms with E-state index in [9.17, 15) is 14.7 Å². The van der Waals surface area contributed by atoms with E-state index in [0.717, 1.165) is 89.9 Å². The highest BCUT2D eigenvalue weighted by Gasteiger charge is 2.15. The Balaban J connectivity index is 3.49. The highest BCUT2D eigenvalue weighted by Crippen LogP contribution is 2.16. The van der Waals surface area contributed by atoms with Crippen molar-refractivity contribution >= 4 is 11.9 Å². The van der Waals surface area contributed by atoms with Gasteiger partial charge < -0.3 is 14.6 Å². The van der Waals surface area contributed by atoms with Crippen molar-refractivity contribution in [2.24, 2.45) is 0 Å². The maximum absolute atomic E-state index is 12.3. The average molecular weight is 968 g/mol. The molecule has 0 spiro atoms. The molecule has 0 rings (SSSR count). The van der Waals surface area contributed by atoms with Gasteiger partial charge in [-0.05, 0) is 89.9 Å². The lowest BCUT2D eigenvalue weighted by atomic mass is 10.0. The first-order valence-electron chi connectivity index (χ1n) is 28.7. The van der Waals surface area contributed by atoms with E-state index < -0.39 is 12.1 Å². The lowest BCUT2D eigenvalue weighted by Gasteiger charge is -2.15. The second-order valence-corrected chi connectivity index (χ2v) is 18.6. The molecule has 396 valence electrons. The summed E-state index contributed by atoms with van der Waals surface area (Å²) in [6, 6.07) is 0. The molecule has 70 heavy (non-hydrogen) atoms. The highest BCUT2D eigenvalue weighted by atomic mass is 16.6. The van der Waals surface area contributed by atoms with Crippen LogP contribution in [-0.4, -0.2) is 36.4 Å². The van der Waals surface area contributed by atoms with Crippen LogP contribution in [0.3, 0.4) is 0 Å². The number of carbonyl (C=O) groups excluding carboxylic acids is 2. The highest BCUT2D eigenvalue weighted by molar-refractivity contribution is 5.71. The molecular weight excluding hydrogens is 861 g/mol. The summed E-state index contributed by atoms with van der Waals surface area (Å²) in [5.41, 5.74) is 0. The Bertz CT molecular complexity index is 1470. The van der Waals surface area contributed by atoms with Gasteiger partial charge in [-0.15, -0.1) is 0 Å². The number of aliphatic hydroxyl groups excluding tert-OH is 1. The van der Waals surface area contributed by atoms with Crippen molar-refractivity contribution in [3.63, 3.8) is 0 Å². The first-order chi connectivity index (χ1) is 34.6. The summed E-state index contributed by atoms with van der Waals surface area (Å²) in [6.45, 7) is 3.82. The van der Waals surface area contributed by atoms with Crippen LogP contribution in [0, 0.1) is 0 Å². The van der Waals surface area contributed by atoms with E-state index in [4.69, 9.17) is 9.47 Å². The molecule has 0 saturated heterocycles. The zero-order valence-corrected chi connectivity index (χ0v) is 45.2. The molecule has 0 aromatic heterocycles. The van der Waals surface area contributed by atoms with Gasteiger partial charge in [-0.2, -0.15) is 0 Å². The zero-order chi connectivity index (χ0) is 50.6. The Morgan fingerprint density at radius 2 is 0.614 bits per heavy atom. The van der Waals surface area contributed by atoms with Crippen LogP contribution in [-0.2, 0) is 19.1 Å². The third-order valence-electron chi connectivity index (χ3n) is 12.0. The SMILES string of the molecule is CC/C=C\C/C=C\C/C=C\C/C=C\C/C=C\C/C=C\CCCCCCCCCCCCCCCCCCCCCCCCC(=O)OC(CO)COC(=O)C/C=C\C/C=C\C/C=C\C/C=C\C/C=C\CC. The molecule has 0 aliphatic carbocycles. The van der Waals surface area contributed by atoms with Gasteiger partial charge in [0.25, 0.3) is 0 Å². The lowest BCUT2D eigenvalue weighted by Crippen LogP contribution is -2.28. The van der Waals surface area contributed by atoms with Crippen molar-refractivity contribution in [2.75, 3.05) is 13.2 Å². The molecule has 0 aromatic carbocycles. The van der Waals surface area contributed by atoms with Crippen molar-refractivity contribution in [1.29, 1.82) is 0 Å². The molecule has 0 aliphatic rings. The minimum absolute atomic E-state index is 0.124. The van der Waals surface area contributed by atoms with Gasteiger partial charge in [0.05, 0.1) is 13.0 Å². The van der Waals surface area contributed by atoms with Crippen molar-refractivity contribution in [2.45, 2.75) is 251 Å². The fourth-order valence-electron chi connectivity index (χ4n) is 7.75. The predicted octanol–water partition coefficient (Wildman–Crippen LogP) is 19.6. The number of esters is 2. The summed E-state index contributed by atoms with van der Waals surface area (Å²) >= 11 is 0. The van der Waals surface area contributed by atoms with Crippen LogP contribution in [0.4, 0.5) is 0 Å². The van der Waals surface area contributed by atoms with Crippen LogP contribution in [0.15, 0.2) is 134 Å². The molecule has 0 amide bonds. The second-order valence-electron chi connectivity index (χ2n) is 18.6. The number of carbonyl (C=O) groups is 2. The first kappa shape index (κ1) is 66.0. The number of aliphatic hydroxyl groups is 1. The Hall–Kier alpha value is -3.96. The standard InChI is InChI=1S/C65H106O5/c1-3-5-7-9-11-13-15-17-19-20-21-22-23-24-25-26-27-28-29-30-31-32-33-34-35-36-37-38-39-40-41-42-43-44-46-48-50-52-54-56-58-60-65(68)70-63(61-66)62-69-64(67)59-57-55-53-51-49-47-45-18-16-14-12-10-8-6-4-2/h5-8,11-14,17-19,21-22,24-25,27-28,45,49,51,55,57,63,66H,3-4,9-10,15-16,20,23,26,29-44,46-48,50,52-54,56,58-62H2,1-2H3/b7-5-,8-6-,13-11-,14-12-,19-17-,22-21-,25-24-,28-27-,45-18-,51-49-,57-55-. The largest absolute Gasteiger partial charge is 0.461 e. The second kappa shape index (κ2) is 59.3. The Kier molecular flexibility index (Phi) is 56.0. The van der Waals surface area contributed by atoms with Gasteiger partial charge in [-0.25, -0.2) is 0 Å². The van der Waals surface area contributed by atoms with Crippen LogP contribution < -0.4 is 0 Å². The van der Waals surface area contributed by atoms with Gasteiger partial charge in [-0.1, -0.05) is 276 Å². The fraction of sp³-hybridized carbons (Fsp3) is 0.631. The molecule has 0 radical (unpaired) electrons. The monoisotopic (exact) mass is 967 g/mol. The van der Waals surface area contributed by atoms with Crippen LogP contribution in [0.1, 0.15) is 245 Å². The van der Waals surface area contributed by atoms with Crippen molar-refractivity contribution in [3.8, 4) is 0 Å². The van der Waals surface area contributed by atoms with E-state index in [2.05, 4.69) is 135 Å². The molecule has 0 saturated carbocycles. The number of hydrogen-bond acceptors (Lipinski definition) is 5. The first-order valence-corrected chi connectivity index (χ1v) is 28.7. The van der Waals surface area contributed by atoms with Gasteiger partial charge in [0.2, 0.25) is 0 Å². The van der Waals surface area contributed by atoms with E-state index in [-0.39, 0.29) is 25.6 Å². The maximum atomic E-state index is 12.3. The fourth-order valence-corrected chi connectivity index (χ4v) is 7.75. The van der Waals surface area contributed by atoms with Gasteiger partial charge in [-0.3, -0.25) is 9.59 Å². The smallest absolute Gasteiger partial charge is 0.309 e. The minimum atomic E-state index is -0.818. The van der Waals surface area contributed by atoms with E-state index >= 15 is 0 Å². The molecular formula is C65H106O5. The normalized spacial score (nSPS) is 13.2. The lowest BCUT2D eigenvalue weighted by molar-refractivity contribution is -0.161. The third-order valence-corrected chi connectivity index (χ3v) is 12.0. The Labute approximate surface area is 432 Å². The maximum Gasteiger partial charge on any atom is 0.309 e. The van der Waals surface area contributed by atoms with Crippen molar-refractivity contribution in [3.05, 3.63) is 134 Å². The molecule has 0 fully saturated rings. The third kappa shape index (κ3) is 56.6. The molecule has 1 N–H and O–H groups in total. The molecule has 0 heterocycles. The molecule has 0 bridgehead atoms. The van der Waals surface area contributed by atoms with Gasteiger partial charge >= 0.3 is 11.9 Å². The predicted molar refractivity (Wildman–Crippen MR) is 306 cm³/mol. The summed E-state index contributed by atoms with van der Waals surface area (Å²) < 4.78 is 10.6. The van der Waals surface area contributed by atoms with Crippen LogP contribution in [0.25, 0.3) is 0 Å². The van der Waals surface area contributed by atoms with Crippen LogP contribution >= 0.6 is 0 Å². The van der Waals surface area contributed by atoms with Gasteiger partial charge in [0, 0.05) is 6.42 Å². The van der Waals surface area contributed by atoms with Gasteiger partial charge in [0.1, 0.15) is 6.61 Å². The molecule has 0 aliphatic heterocycles. The Morgan fingerprint density at radius 3 is 0.929 bits per heavy atom. The molecule has 5 heteroatoms. The summed E-state index contributed by atoms with van der Waals surface area (Å²) in [5.74, 6) is -0.739. The van der Waals surface area contributed by atoms with Crippen molar-refractivity contribution in [1.82, 2.24) is 0 Å². The summed E-state index contributed by atoms with van der Waals surface area (Å²) in [5, 5.41) is 9.61. The number of ether oxygens (including phenoxy) is 2. The zero-order valence-electron chi connectivity index (χ0n) is 45.2. The topological polar surface area (TPSA) is 72.8 Å². The number of hydrogen-bond donors (Lipinski definition) is 1. The summed E-state index contributed by atoms with van der Waals surface area (Å²) in [7, 11) is 0. The van der Waals surface area contributed by atoms with E-state index in [0.29, 0.717) is 6.42 Å². The van der Waals surface area contributed by atoms with Crippen LogP contribution in [0.2, 0.25) is 0 Å². The van der Waals surface area contributed by atoms with Gasteiger partial charge in [0.15, 0.2) is 6.10 Å². The van der Waals surface area contributed by atoms with E-state index in [1.807, 2.05) is 6.08 Å². The number of allylic oxidation sites excluding steroid dienone is 21. The molecule has 1 atom stereocenters. The number of rotatable bonds is 51. The van der Waals surface area contributed by atoms with E-state index in [1.165, 1.54) is 128 Å². The molecule has 5 nitrogen and oxygen atoms in total. The molecule has 0 aromatic rings. The van der Waals surface area contributed by atoms with Crippen LogP contribution in [0.5, 0.6) is 0 Å². The summed E-state index contributed by atoms with van der Waals surface area (Å²) in [6.07, 6.45) is 89.0. The minimum Gasteiger partial charge on any atom is -0.461 e.